The summed E-state index contributed by atoms with van der Waals surface area (Å²) in [5.74, 6) is 0.781. The van der Waals surface area contributed by atoms with Crippen LogP contribution in [0.3, 0.4) is 0 Å². The smallest absolute Gasteiger partial charge is 0.242 e. The minimum Gasteiger partial charge on any atom is -0.495 e. The van der Waals surface area contributed by atoms with E-state index in [9.17, 15) is 9.59 Å². The van der Waals surface area contributed by atoms with E-state index >= 15 is 0 Å². The Kier molecular flexibility index (Phi) is 7.83. The zero-order chi connectivity index (χ0) is 23.2. The summed E-state index contributed by atoms with van der Waals surface area (Å²) in [6.07, 6.45) is 6.52. The summed E-state index contributed by atoms with van der Waals surface area (Å²) >= 11 is 7.51. The van der Waals surface area contributed by atoms with E-state index in [2.05, 4.69) is 5.32 Å². The van der Waals surface area contributed by atoms with E-state index < -0.39 is 0 Å². The van der Waals surface area contributed by atoms with Crippen molar-refractivity contribution in [3.63, 3.8) is 0 Å². The van der Waals surface area contributed by atoms with Crippen molar-refractivity contribution in [2.45, 2.75) is 37.1 Å². The third-order valence-corrected chi connectivity index (χ3v) is 7.09. The molecule has 1 fully saturated rings. The van der Waals surface area contributed by atoms with Gasteiger partial charge in [0.1, 0.15) is 12.3 Å². The van der Waals surface area contributed by atoms with Gasteiger partial charge in [-0.15, -0.1) is 11.8 Å². The topological polar surface area (TPSA) is 63.6 Å². The molecule has 0 radical (unpaired) electrons. The Bertz CT molecular complexity index is 1140. The Hall–Kier alpha value is -2.64. The average molecular weight is 486 g/mol. The number of fused-ring (bicyclic) bond motifs is 1. The number of carbonyl (C=O) groups excluding carboxylic acids is 2. The van der Waals surface area contributed by atoms with Crippen molar-refractivity contribution in [3.8, 4) is 5.75 Å². The van der Waals surface area contributed by atoms with Gasteiger partial charge in [-0.05, 0) is 37.1 Å². The zero-order valence-electron chi connectivity index (χ0n) is 18.7. The molecule has 1 aromatic heterocycles. The van der Waals surface area contributed by atoms with Gasteiger partial charge >= 0.3 is 0 Å². The van der Waals surface area contributed by atoms with Gasteiger partial charge in [0.2, 0.25) is 11.8 Å². The normalized spacial score (nSPS) is 14.2. The van der Waals surface area contributed by atoms with Gasteiger partial charge in [-0.2, -0.15) is 0 Å². The minimum absolute atomic E-state index is 0.153. The Morgan fingerprint density at radius 3 is 2.61 bits per heavy atom. The Labute approximate surface area is 203 Å². The molecule has 0 aliphatic carbocycles. The Morgan fingerprint density at radius 2 is 1.85 bits per heavy atom. The number of rotatable bonds is 7. The quantitative estimate of drug-likeness (QED) is 0.453. The van der Waals surface area contributed by atoms with Crippen LogP contribution in [-0.2, 0) is 16.1 Å². The molecule has 8 heteroatoms. The number of aromatic nitrogens is 1. The van der Waals surface area contributed by atoms with E-state index in [4.69, 9.17) is 16.3 Å². The first kappa shape index (κ1) is 23.5. The Morgan fingerprint density at radius 1 is 1.09 bits per heavy atom. The molecule has 0 unspecified atom stereocenters. The number of nitrogens with zero attached hydrogens (tertiary/aromatic N) is 2. The van der Waals surface area contributed by atoms with E-state index in [-0.39, 0.29) is 17.6 Å². The number of hydrogen-bond acceptors (Lipinski definition) is 4. The third kappa shape index (κ3) is 5.84. The van der Waals surface area contributed by atoms with Crippen molar-refractivity contribution < 1.29 is 14.3 Å². The van der Waals surface area contributed by atoms with Gasteiger partial charge in [0.25, 0.3) is 0 Å². The van der Waals surface area contributed by atoms with Gasteiger partial charge in [0.05, 0.1) is 18.6 Å². The summed E-state index contributed by atoms with van der Waals surface area (Å²) in [5, 5.41) is 4.44. The van der Waals surface area contributed by atoms with Crippen molar-refractivity contribution >= 4 is 51.8 Å². The average Bonchev–Trinajstić information content (AvgIpc) is 2.97. The molecular weight excluding hydrogens is 458 g/mol. The predicted octanol–water partition coefficient (Wildman–Crippen LogP) is 5.44. The van der Waals surface area contributed by atoms with Crippen LogP contribution in [0, 0.1) is 0 Å². The number of para-hydroxylation sites is 1. The van der Waals surface area contributed by atoms with Crippen LogP contribution in [0.1, 0.15) is 25.7 Å². The molecular formula is C25H28ClN3O3S. The van der Waals surface area contributed by atoms with E-state index in [0.29, 0.717) is 23.0 Å². The number of halogens is 1. The maximum atomic E-state index is 12.9. The lowest BCUT2D eigenvalue weighted by atomic mass is 10.2. The van der Waals surface area contributed by atoms with E-state index in [1.807, 2.05) is 39.9 Å². The van der Waals surface area contributed by atoms with Gasteiger partial charge in [-0.3, -0.25) is 9.59 Å². The second-order valence-corrected chi connectivity index (χ2v) is 9.57. The lowest BCUT2D eigenvalue weighted by molar-refractivity contribution is -0.131. The Balaban J connectivity index is 1.45. The number of amides is 2. The fourth-order valence-corrected chi connectivity index (χ4v) is 5.19. The molecule has 2 heterocycles. The summed E-state index contributed by atoms with van der Waals surface area (Å²) in [6.45, 7) is 1.99. The highest BCUT2D eigenvalue weighted by Crippen LogP contribution is 2.31. The van der Waals surface area contributed by atoms with Crippen LogP contribution in [0.4, 0.5) is 5.69 Å². The van der Waals surface area contributed by atoms with E-state index in [1.54, 1.807) is 25.3 Å². The molecule has 0 spiro atoms. The molecule has 1 N–H and O–H groups in total. The first-order chi connectivity index (χ1) is 16.0. The molecule has 4 rings (SSSR count). The fraction of sp³-hybridized carbons (Fsp3) is 0.360. The van der Waals surface area contributed by atoms with Crippen molar-refractivity contribution in [1.29, 1.82) is 0 Å². The maximum absolute atomic E-state index is 12.9. The van der Waals surface area contributed by atoms with Crippen LogP contribution in [0.2, 0.25) is 5.02 Å². The van der Waals surface area contributed by atoms with Crippen LogP contribution in [0.5, 0.6) is 5.75 Å². The number of ether oxygens (including phenoxy) is 1. The number of methoxy groups -OCH3 is 1. The zero-order valence-corrected chi connectivity index (χ0v) is 20.3. The molecule has 0 bridgehead atoms. The molecule has 2 aromatic carbocycles. The number of anilines is 1. The number of benzene rings is 2. The molecule has 3 aromatic rings. The summed E-state index contributed by atoms with van der Waals surface area (Å²) < 4.78 is 7.30. The number of carbonyl (C=O) groups is 2. The van der Waals surface area contributed by atoms with E-state index in [1.165, 1.54) is 24.6 Å². The molecule has 1 saturated heterocycles. The molecule has 6 nitrogen and oxygen atoms in total. The van der Waals surface area contributed by atoms with Crippen molar-refractivity contribution in [2.24, 2.45) is 0 Å². The first-order valence-electron chi connectivity index (χ1n) is 11.2. The lowest BCUT2D eigenvalue weighted by Gasteiger charge is -2.20. The second kappa shape index (κ2) is 11.0. The standard InChI is InChI=1S/C25H28ClN3O3S/c1-32-22-11-10-18(26)14-20(22)27-24(30)17-33-23-15-29(21-9-5-4-8-19(21)23)16-25(31)28-12-6-2-3-7-13-28/h4-5,8-11,14-15H,2-3,6-7,12-13,16-17H2,1H3,(H,27,30). The van der Waals surface area contributed by atoms with Gasteiger partial charge < -0.3 is 19.5 Å². The molecule has 1 aliphatic heterocycles. The second-order valence-electron chi connectivity index (χ2n) is 8.11. The molecule has 174 valence electrons. The highest BCUT2D eigenvalue weighted by Gasteiger charge is 2.18. The number of nitrogens with one attached hydrogen (secondary N) is 1. The number of likely N-dealkylation sites (tertiary alicyclic amines) is 1. The molecule has 0 atom stereocenters. The lowest BCUT2D eigenvalue weighted by Crippen LogP contribution is -2.34. The van der Waals surface area contributed by atoms with Gasteiger partial charge in [-0.1, -0.05) is 42.6 Å². The van der Waals surface area contributed by atoms with Gasteiger partial charge in [0.15, 0.2) is 0 Å². The maximum Gasteiger partial charge on any atom is 0.242 e. The van der Waals surface area contributed by atoms with E-state index in [0.717, 1.165) is 41.7 Å². The summed E-state index contributed by atoms with van der Waals surface area (Å²) in [4.78, 5) is 28.5. The molecule has 1 aliphatic rings. The van der Waals surface area contributed by atoms with Crippen LogP contribution in [-0.4, -0.2) is 47.2 Å². The summed E-state index contributed by atoms with van der Waals surface area (Å²) in [5.41, 5.74) is 1.54. The third-order valence-electron chi connectivity index (χ3n) is 5.81. The van der Waals surface area contributed by atoms with Gasteiger partial charge in [-0.25, -0.2) is 0 Å². The monoisotopic (exact) mass is 485 g/mol. The van der Waals surface area contributed by atoms with Crippen LogP contribution >= 0.6 is 23.4 Å². The number of hydrogen-bond donors (Lipinski definition) is 1. The highest BCUT2D eigenvalue weighted by atomic mass is 35.5. The first-order valence-corrected chi connectivity index (χ1v) is 12.5. The minimum atomic E-state index is -0.155. The largest absolute Gasteiger partial charge is 0.495 e. The van der Waals surface area contributed by atoms with Crippen LogP contribution in [0.25, 0.3) is 10.9 Å². The van der Waals surface area contributed by atoms with Crippen molar-refractivity contribution in [2.75, 3.05) is 31.3 Å². The van der Waals surface area contributed by atoms with Gasteiger partial charge in [0, 0.05) is 40.1 Å². The van der Waals surface area contributed by atoms with Crippen molar-refractivity contribution in [1.82, 2.24) is 9.47 Å². The van der Waals surface area contributed by atoms with Crippen LogP contribution < -0.4 is 10.1 Å². The SMILES string of the molecule is COc1ccc(Cl)cc1NC(=O)CSc1cn(CC(=O)N2CCCCCC2)c2ccccc12. The fourth-order valence-electron chi connectivity index (χ4n) is 4.13. The van der Waals surface area contributed by atoms with Crippen LogP contribution in [0.15, 0.2) is 53.6 Å². The highest BCUT2D eigenvalue weighted by molar-refractivity contribution is 8.00. The molecule has 33 heavy (non-hydrogen) atoms. The molecule has 0 saturated carbocycles. The summed E-state index contributed by atoms with van der Waals surface area (Å²) in [6, 6.07) is 13.1. The van der Waals surface area contributed by atoms with Crippen molar-refractivity contribution in [3.05, 3.63) is 53.7 Å². The predicted molar refractivity (Wildman–Crippen MR) is 134 cm³/mol. The number of thioether (sulfide) groups is 1. The summed E-state index contributed by atoms with van der Waals surface area (Å²) in [7, 11) is 1.55. The molecule has 2 amide bonds.